The standard InChI is InChI=1S/C23H20IO3S/c1-2-3-14-26-23(25)16-8-13-22-20(15-16)27-19-6-4-5-7-21(19)28(22)18-11-9-17(24)10-12-18/h4-13,15H,2-3,14H2,1H3/q+1. The van der Waals surface area contributed by atoms with E-state index in [4.69, 9.17) is 9.47 Å². The number of hydrogen-bond donors (Lipinski definition) is 0. The van der Waals surface area contributed by atoms with Gasteiger partial charge in [0.15, 0.2) is 16.4 Å². The summed E-state index contributed by atoms with van der Waals surface area (Å²) >= 11 is 2.32. The minimum Gasteiger partial charge on any atom is -0.462 e. The summed E-state index contributed by atoms with van der Waals surface area (Å²) in [7, 11) is -0.275. The number of carbonyl (C=O) groups is 1. The van der Waals surface area contributed by atoms with Crippen molar-refractivity contribution < 1.29 is 14.3 Å². The van der Waals surface area contributed by atoms with Crippen molar-refractivity contribution in [3.63, 3.8) is 0 Å². The van der Waals surface area contributed by atoms with Gasteiger partial charge < -0.3 is 9.47 Å². The molecule has 3 aromatic rings. The molecule has 5 heteroatoms. The van der Waals surface area contributed by atoms with E-state index in [1.54, 1.807) is 0 Å². The van der Waals surface area contributed by atoms with E-state index in [-0.39, 0.29) is 16.9 Å². The normalized spacial score (nSPS) is 14.6. The zero-order valence-electron chi connectivity index (χ0n) is 15.5. The number of hydrogen-bond acceptors (Lipinski definition) is 3. The van der Waals surface area contributed by atoms with Gasteiger partial charge in [-0.15, -0.1) is 0 Å². The Balaban J connectivity index is 1.73. The largest absolute Gasteiger partial charge is 0.462 e. The van der Waals surface area contributed by atoms with Crippen LogP contribution in [-0.4, -0.2) is 12.6 Å². The molecule has 0 saturated carbocycles. The average molecular weight is 503 g/mol. The molecular formula is C23H20IO3S+. The van der Waals surface area contributed by atoms with E-state index in [0.29, 0.717) is 12.2 Å². The van der Waals surface area contributed by atoms with Gasteiger partial charge in [-0.25, -0.2) is 4.79 Å². The molecule has 3 nitrogen and oxygen atoms in total. The minimum absolute atomic E-state index is 0.275. The van der Waals surface area contributed by atoms with Crippen LogP contribution in [-0.2, 0) is 15.6 Å². The third kappa shape index (κ3) is 3.91. The lowest BCUT2D eigenvalue weighted by molar-refractivity contribution is 0.0499. The second-order valence-electron chi connectivity index (χ2n) is 6.46. The SMILES string of the molecule is CCCCOC(=O)c1ccc2c(c1)Oc1ccccc1[S+]2c1ccc(I)cc1. The molecule has 0 amide bonds. The number of carbonyl (C=O) groups excluding carboxylic acids is 1. The molecule has 0 spiro atoms. The Labute approximate surface area is 181 Å². The molecule has 1 unspecified atom stereocenters. The molecule has 0 aliphatic carbocycles. The molecule has 1 atom stereocenters. The number of unbranched alkanes of at least 4 members (excludes halogenated alkanes) is 1. The van der Waals surface area contributed by atoms with Gasteiger partial charge >= 0.3 is 5.97 Å². The molecule has 0 radical (unpaired) electrons. The van der Waals surface area contributed by atoms with Gasteiger partial charge in [-0.3, -0.25) is 0 Å². The summed E-state index contributed by atoms with van der Waals surface area (Å²) in [5.74, 6) is 1.27. The Bertz CT molecular complexity index is 1000. The predicted octanol–water partition coefficient (Wildman–Crippen LogP) is 6.45. The maximum Gasteiger partial charge on any atom is 0.338 e. The molecule has 28 heavy (non-hydrogen) atoms. The van der Waals surface area contributed by atoms with Crippen LogP contribution in [0.3, 0.4) is 0 Å². The van der Waals surface area contributed by atoms with Crippen LogP contribution in [0.4, 0.5) is 0 Å². The highest BCUT2D eigenvalue weighted by molar-refractivity contribution is 14.1. The number of ether oxygens (including phenoxy) is 2. The molecule has 0 fully saturated rings. The number of halogens is 1. The van der Waals surface area contributed by atoms with Crippen LogP contribution in [0.2, 0.25) is 0 Å². The number of rotatable bonds is 5. The van der Waals surface area contributed by atoms with Crippen LogP contribution in [0.15, 0.2) is 81.4 Å². The monoisotopic (exact) mass is 503 g/mol. The highest BCUT2D eigenvalue weighted by Gasteiger charge is 2.39. The number of para-hydroxylation sites is 1. The van der Waals surface area contributed by atoms with Gasteiger partial charge in [-0.1, -0.05) is 25.5 Å². The van der Waals surface area contributed by atoms with E-state index in [1.807, 2.05) is 36.4 Å². The van der Waals surface area contributed by atoms with Crippen molar-refractivity contribution in [1.82, 2.24) is 0 Å². The van der Waals surface area contributed by atoms with Crippen molar-refractivity contribution >= 4 is 39.5 Å². The summed E-state index contributed by atoms with van der Waals surface area (Å²) in [6.45, 7) is 2.52. The Kier molecular flexibility index (Phi) is 5.92. The first-order valence-electron chi connectivity index (χ1n) is 9.25. The molecule has 4 rings (SSSR count). The first kappa shape index (κ1) is 19.3. The van der Waals surface area contributed by atoms with Gasteiger partial charge in [0.2, 0.25) is 9.79 Å². The molecule has 1 aliphatic heterocycles. The van der Waals surface area contributed by atoms with Crippen LogP contribution in [0.5, 0.6) is 11.5 Å². The number of fused-ring (bicyclic) bond motifs is 2. The van der Waals surface area contributed by atoms with E-state index in [0.717, 1.165) is 34.1 Å². The van der Waals surface area contributed by atoms with Crippen molar-refractivity contribution in [3.8, 4) is 11.5 Å². The molecule has 0 N–H and O–H groups in total. The zero-order chi connectivity index (χ0) is 19.5. The Morgan fingerprint density at radius 1 is 1.00 bits per heavy atom. The van der Waals surface area contributed by atoms with Gasteiger partial charge in [-0.2, -0.15) is 0 Å². The molecule has 1 aliphatic rings. The van der Waals surface area contributed by atoms with Crippen LogP contribution in [0.1, 0.15) is 30.1 Å². The second-order valence-corrected chi connectivity index (χ2v) is 9.67. The maximum absolute atomic E-state index is 12.4. The number of benzene rings is 3. The molecule has 142 valence electrons. The van der Waals surface area contributed by atoms with Gasteiger partial charge in [0.1, 0.15) is 10.9 Å². The first-order valence-corrected chi connectivity index (χ1v) is 11.6. The summed E-state index contributed by atoms with van der Waals surface area (Å²) in [4.78, 5) is 15.8. The summed E-state index contributed by atoms with van der Waals surface area (Å²) in [5.41, 5.74) is 0.528. The highest BCUT2D eigenvalue weighted by Crippen LogP contribution is 2.47. The predicted molar refractivity (Wildman–Crippen MR) is 119 cm³/mol. The minimum atomic E-state index is -0.298. The Hall–Kier alpha value is -1.99. The van der Waals surface area contributed by atoms with Crippen molar-refractivity contribution in [2.45, 2.75) is 34.5 Å². The molecule has 0 aromatic heterocycles. The van der Waals surface area contributed by atoms with E-state index in [9.17, 15) is 4.79 Å². The van der Waals surface area contributed by atoms with Crippen LogP contribution >= 0.6 is 22.6 Å². The third-order valence-electron chi connectivity index (χ3n) is 4.47. The van der Waals surface area contributed by atoms with Gasteiger partial charge in [0.25, 0.3) is 0 Å². The lowest BCUT2D eigenvalue weighted by Crippen LogP contribution is -2.14. The summed E-state index contributed by atoms with van der Waals surface area (Å²) in [6, 6.07) is 22.4. The van der Waals surface area contributed by atoms with Crippen molar-refractivity contribution in [3.05, 3.63) is 75.9 Å². The van der Waals surface area contributed by atoms with Crippen LogP contribution < -0.4 is 4.74 Å². The zero-order valence-corrected chi connectivity index (χ0v) is 18.5. The maximum atomic E-state index is 12.4. The topological polar surface area (TPSA) is 35.5 Å². The van der Waals surface area contributed by atoms with E-state index in [2.05, 4.69) is 59.8 Å². The lowest BCUT2D eigenvalue weighted by atomic mass is 10.2. The third-order valence-corrected chi connectivity index (χ3v) is 7.49. The van der Waals surface area contributed by atoms with Gasteiger partial charge in [0, 0.05) is 9.64 Å². The molecule has 0 bridgehead atoms. The fourth-order valence-electron chi connectivity index (χ4n) is 3.04. The van der Waals surface area contributed by atoms with E-state index >= 15 is 0 Å². The first-order chi connectivity index (χ1) is 13.7. The van der Waals surface area contributed by atoms with Crippen LogP contribution in [0.25, 0.3) is 0 Å². The Morgan fingerprint density at radius 3 is 2.54 bits per heavy atom. The van der Waals surface area contributed by atoms with E-state index in [1.165, 1.54) is 8.47 Å². The second kappa shape index (κ2) is 8.57. The average Bonchev–Trinajstić information content (AvgIpc) is 2.72. The quantitative estimate of drug-likeness (QED) is 0.136. The van der Waals surface area contributed by atoms with Crippen molar-refractivity contribution in [1.29, 1.82) is 0 Å². The van der Waals surface area contributed by atoms with Gasteiger partial charge in [-0.05, 0) is 77.5 Å². The molecule has 3 aromatic carbocycles. The van der Waals surface area contributed by atoms with Crippen molar-refractivity contribution in [2.24, 2.45) is 0 Å². The fraction of sp³-hybridized carbons (Fsp3) is 0.174. The summed E-state index contributed by atoms with van der Waals surface area (Å²) in [5, 5.41) is 0. The van der Waals surface area contributed by atoms with E-state index < -0.39 is 0 Å². The summed E-state index contributed by atoms with van der Waals surface area (Å²) in [6.07, 6.45) is 1.87. The fourth-order valence-corrected chi connectivity index (χ4v) is 5.58. The lowest BCUT2D eigenvalue weighted by Gasteiger charge is -2.20. The smallest absolute Gasteiger partial charge is 0.338 e. The van der Waals surface area contributed by atoms with Crippen LogP contribution in [0, 0.1) is 3.57 Å². The van der Waals surface area contributed by atoms with Crippen molar-refractivity contribution in [2.75, 3.05) is 6.61 Å². The summed E-state index contributed by atoms with van der Waals surface area (Å²) < 4.78 is 12.7. The highest BCUT2D eigenvalue weighted by atomic mass is 127. The molecule has 1 heterocycles. The Morgan fingerprint density at radius 2 is 1.75 bits per heavy atom. The molecular weight excluding hydrogens is 483 g/mol. The number of esters is 1. The van der Waals surface area contributed by atoms with Gasteiger partial charge in [0.05, 0.1) is 12.2 Å². The molecule has 0 saturated heterocycles.